The zero-order chi connectivity index (χ0) is 25.4. The highest BCUT2D eigenvalue weighted by atomic mass is 79.9. The summed E-state index contributed by atoms with van der Waals surface area (Å²) >= 11 is 3.39. The molecule has 0 unspecified atom stereocenters. The van der Waals surface area contributed by atoms with Crippen molar-refractivity contribution < 1.29 is 23.4 Å². The fourth-order valence-corrected chi connectivity index (χ4v) is 4.81. The van der Waals surface area contributed by atoms with E-state index in [0.29, 0.717) is 12.3 Å². The van der Waals surface area contributed by atoms with Gasteiger partial charge in [-0.3, -0.25) is 4.90 Å². The maximum atomic E-state index is 14.5. The third-order valence-electron chi connectivity index (χ3n) is 6.83. The van der Waals surface area contributed by atoms with Gasteiger partial charge >= 0.3 is 6.03 Å². The van der Waals surface area contributed by atoms with Gasteiger partial charge < -0.3 is 19.1 Å². The van der Waals surface area contributed by atoms with Crippen LogP contribution < -0.4 is 9.64 Å². The first-order valence-corrected chi connectivity index (χ1v) is 13.1. The average Bonchev–Trinajstić information content (AvgIpc) is 2.89. The summed E-state index contributed by atoms with van der Waals surface area (Å²) in [5, 5.41) is 0.858. The minimum Gasteiger partial charge on any atom is -0.489 e. The molecule has 1 fully saturated rings. The van der Waals surface area contributed by atoms with Crippen molar-refractivity contribution in [3.8, 4) is 5.75 Å². The van der Waals surface area contributed by atoms with Gasteiger partial charge in [0, 0.05) is 51.9 Å². The first-order chi connectivity index (χ1) is 16.8. The lowest BCUT2D eigenvalue weighted by Crippen LogP contribution is -2.39. The Bertz CT molecular complexity index is 964. The van der Waals surface area contributed by atoms with E-state index in [-0.39, 0.29) is 24.6 Å². The van der Waals surface area contributed by atoms with Crippen LogP contribution in [0.25, 0.3) is 0 Å². The molecule has 1 aliphatic carbocycles. The predicted octanol–water partition coefficient (Wildman–Crippen LogP) is 6.11. The van der Waals surface area contributed by atoms with Crippen molar-refractivity contribution in [2.24, 2.45) is 0 Å². The van der Waals surface area contributed by atoms with Crippen LogP contribution in [0.15, 0.2) is 42.5 Å². The minimum atomic E-state index is -0.532. The van der Waals surface area contributed by atoms with E-state index in [2.05, 4.69) is 15.9 Å². The molecule has 2 aromatic carbocycles. The van der Waals surface area contributed by atoms with Gasteiger partial charge in [0.1, 0.15) is 18.2 Å². The quantitative estimate of drug-likeness (QED) is 0.335. The van der Waals surface area contributed by atoms with Gasteiger partial charge in [0.2, 0.25) is 0 Å². The fourth-order valence-electron chi connectivity index (χ4n) is 4.55. The van der Waals surface area contributed by atoms with Gasteiger partial charge in [-0.15, -0.1) is 0 Å². The Morgan fingerprint density at radius 2 is 1.80 bits per heavy atom. The number of halogens is 2. The van der Waals surface area contributed by atoms with Crippen LogP contribution in [0.5, 0.6) is 5.75 Å². The molecule has 0 N–H and O–H groups in total. The average molecular weight is 551 g/mol. The second-order valence-corrected chi connectivity index (χ2v) is 9.86. The zero-order valence-electron chi connectivity index (χ0n) is 21.1. The summed E-state index contributed by atoms with van der Waals surface area (Å²) in [7, 11) is 6.97. The molecule has 0 bridgehead atoms. The third kappa shape index (κ3) is 6.96. The molecule has 2 amide bonds. The lowest BCUT2D eigenvalue weighted by molar-refractivity contribution is -0.0764. The molecular formula is C27H36BrFN2O4. The van der Waals surface area contributed by atoms with Crippen LogP contribution in [-0.4, -0.2) is 57.2 Å². The number of anilines is 1. The van der Waals surface area contributed by atoms with Crippen LogP contribution in [0.1, 0.15) is 43.2 Å². The molecule has 192 valence electrons. The highest BCUT2D eigenvalue weighted by Gasteiger charge is 2.37. The number of ether oxygens (including phenoxy) is 3. The number of benzene rings is 2. The summed E-state index contributed by atoms with van der Waals surface area (Å²) in [5.41, 5.74) is 1.99. The molecule has 0 aliphatic heterocycles. The summed E-state index contributed by atoms with van der Waals surface area (Å²) in [6.45, 7) is 0.977. The van der Waals surface area contributed by atoms with Crippen molar-refractivity contribution >= 4 is 27.6 Å². The third-order valence-corrected chi connectivity index (χ3v) is 7.39. The lowest BCUT2D eigenvalue weighted by atomic mass is 9.78. The summed E-state index contributed by atoms with van der Waals surface area (Å²) in [6.07, 6.45) is 4.38. The summed E-state index contributed by atoms with van der Waals surface area (Å²) < 4.78 is 31.9. The number of amides is 2. The molecule has 2 aromatic rings. The Morgan fingerprint density at radius 3 is 2.40 bits per heavy atom. The van der Waals surface area contributed by atoms with Crippen LogP contribution in [0.2, 0.25) is 0 Å². The van der Waals surface area contributed by atoms with Crippen LogP contribution in [0.4, 0.5) is 14.9 Å². The van der Waals surface area contributed by atoms with E-state index in [9.17, 15) is 9.18 Å². The molecule has 3 rings (SSSR count). The van der Waals surface area contributed by atoms with Crippen LogP contribution in [0.3, 0.4) is 0 Å². The van der Waals surface area contributed by atoms with E-state index in [1.165, 1.54) is 6.07 Å². The fraction of sp³-hybridized carbons (Fsp3) is 0.519. The SMILES string of the molecule is COC1CCC(OC)(c2cc(F)cc(OCc3ccc(N(C)C(=O)N(C)CCCBr)cc3)c2)CC1. The van der Waals surface area contributed by atoms with Gasteiger partial charge in [0.25, 0.3) is 0 Å². The van der Waals surface area contributed by atoms with Gasteiger partial charge in [-0.1, -0.05) is 28.1 Å². The first kappa shape index (κ1) is 27.4. The number of hydrogen-bond donors (Lipinski definition) is 0. The molecule has 6 nitrogen and oxygen atoms in total. The number of alkyl halides is 1. The molecule has 8 heteroatoms. The standard InChI is InChI=1S/C27H36BrFN2O4/c1-30(15-5-14-28)26(32)31(2)23-8-6-20(7-9-23)19-35-25-17-21(16-22(29)18-25)27(34-4)12-10-24(33-3)11-13-27/h6-9,16-18,24H,5,10-15,19H2,1-4H3. The highest BCUT2D eigenvalue weighted by molar-refractivity contribution is 9.09. The van der Waals surface area contributed by atoms with E-state index in [1.807, 2.05) is 30.3 Å². The Morgan fingerprint density at radius 1 is 1.11 bits per heavy atom. The van der Waals surface area contributed by atoms with Crippen LogP contribution >= 0.6 is 15.9 Å². The number of carbonyl (C=O) groups is 1. The Labute approximate surface area is 216 Å². The van der Waals surface area contributed by atoms with Gasteiger partial charge in [-0.05, 0) is 67.5 Å². The molecule has 1 saturated carbocycles. The Balaban J connectivity index is 1.65. The Kier molecular flexibility index (Phi) is 9.95. The molecule has 0 radical (unpaired) electrons. The van der Waals surface area contributed by atoms with Crippen molar-refractivity contribution in [3.05, 3.63) is 59.4 Å². The van der Waals surface area contributed by atoms with Gasteiger partial charge in [0.05, 0.1) is 11.7 Å². The molecule has 0 heterocycles. The summed E-state index contributed by atoms with van der Waals surface area (Å²) in [5.74, 6) is 0.123. The molecule has 0 spiro atoms. The maximum Gasteiger partial charge on any atom is 0.323 e. The van der Waals surface area contributed by atoms with Crippen molar-refractivity contribution in [2.45, 2.75) is 50.4 Å². The molecule has 0 saturated heterocycles. The monoisotopic (exact) mass is 550 g/mol. The minimum absolute atomic E-state index is 0.0613. The van der Waals surface area contributed by atoms with Crippen molar-refractivity contribution in [1.82, 2.24) is 4.90 Å². The van der Waals surface area contributed by atoms with Crippen molar-refractivity contribution in [1.29, 1.82) is 0 Å². The number of nitrogens with zero attached hydrogens (tertiary/aromatic N) is 2. The molecular weight excluding hydrogens is 515 g/mol. The normalized spacial score (nSPS) is 19.9. The number of hydrogen-bond acceptors (Lipinski definition) is 4. The van der Waals surface area contributed by atoms with Crippen molar-refractivity contribution in [2.75, 3.05) is 45.1 Å². The molecule has 0 aromatic heterocycles. The number of rotatable bonds is 10. The second-order valence-electron chi connectivity index (χ2n) is 9.07. The largest absolute Gasteiger partial charge is 0.489 e. The van der Waals surface area contributed by atoms with Gasteiger partial charge in [0.15, 0.2) is 0 Å². The lowest BCUT2D eigenvalue weighted by Gasteiger charge is -2.39. The summed E-state index contributed by atoms with van der Waals surface area (Å²) in [4.78, 5) is 15.9. The number of carbonyl (C=O) groups excluding carboxylic acids is 1. The first-order valence-electron chi connectivity index (χ1n) is 12.0. The predicted molar refractivity (Wildman–Crippen MR) is 140 cm³/mol. The molecule has 1 aliphatic rings. The Hall–Kier alpha value is -2.16. The summed E-state index contributed by atoms with van der Waals surface area (Å²) in [6, 6.07) is 12.4. The number of methoxy groups -OCH3 is 2. The van der Waals surface area contributed by atoms with E-state index in [4.69, 9.17) is 14.2 Å². The van der Waals surface area contributed by atoms with E-state index in [0.717, 1.165) is 54.2 Å². The molecule has 35 heavy (non-hydrogen) atoms. The number of urea groups is 1. The van der Waals surface area contributed by atoms with Crippen LogP contribution in [-0.2, 0) is 21.7 Å². The second kappa shape index (κ2) is 12.7. The topological polar surface area (TPSA) is 51.2 Å². The zero-order valence-corrected chi connectivity index (χ0v) is 22.6. The van der Waals surface area contributed by atoms with E-state index >= 15 is 0 Å². The maximum absolute atomic E-state index is 14.5. The highest BCUT2D eigenvalue weighted by Crippen LogP contribution is 2.42. The smallest absolute Gasteiger partial charge is 0.323 e. The van der Waals surface area contributed by atoms with Crippen LogP contribution in [0, 0.1) is 5.82 Å². The van der Waals surface area contributed by atoms with Gasteiger partial charge in [-0.25, -0.2) is 9.18 Å². The van der Waals surface area contributed by atoms with E-state index in [1.54, 1.807) is 44.2 Å². The molecule has 0 atom stereocenters. The van der Waals surface area contributed by atoms with Crippen molar-refractivity contribution in [3.63, 3.8) is 0 Å². The van der Waals surface area contributed by atoms with E-state index < -0.39 is 5.60 Å². The van der Waals surface area contributed by atoms with Gasteiger partial charge in [-0.2, -0.15) is 0 Å².